The van der Waals surface area contributed by atoms with E-state index in [1.54, 1.807) is 30.0 Å². The molecule has 1 aliphatic heterocycles. The summed E-state index contributed by atoms with van der Waals surface area (Å²) in [6.45, 7) is 5.48. The number of ketones is 1. The molecule has 0 amide bonds. The number of hydrogen-bond donors (Lipinski definition) is 2. The van der Waals surface area contributed by atoms with Gasteiger partial charge in [0.15, 0.2) is 11.3 Å². The van der Waals surface area contributed by atoms with E-state index in [1.165, 1.54) is 12.0 Å². The van der Waals surface area contributed by atoms with E-state index < -0.39 is 0 Å². The third-order valence-electron chi connectivity index (χ3n) is 6.97. The zero-order valence-electron chi connectivity index (χ0n) is 19.9. The van der Waals surface area contributed by atoms with E-state index in [0.29, 0.717) is 42.8 Å². The van der Waals surface area contributed by atoms with E-state index in [2.05, 4.69) is 19.9 Å². The highest BCUT2D eigenvalue weighted by Gasteiger charge is 2.26. The summed E-state index contributed by atoms with van der Waals surface area (Å²) in [5.74, 6) is -0.153. The molecule has 2 aliphatic rings. The Hall–Kier alpha value is -3.57. The number of nitrogens with zero attached hydrogens (tertiary/aromatic N) is 7. The largest absolute Gasteiger partial charge is 0.427 e. The Balaban J connectivity index is 1.59. The van der Waals surface area contributed by atoms with Gasteiger partial charge >= 0.3 is 0 Å². The minimum atomic E-state index is -0.316. The van der Waals surface area contributed by atoms with Gasteiger partial charge < -0.3 is 15.3 Å². The summed E-state index contributed by atoms with van der Waals surface area (Å²) < 4.78 is 2.56. The van der Waals surface area contributed by atoms with Crippen molar-refractivity contribution in [3.05, 3.63) is 51.5 Å². The number of aromatic nitrogens is 4. The lowest BCUT2D eigenvalue weighted by molar-refractivity contribution is -0.0936. The van der Waals surface area contributed by atoms with Gasteiger partial charge in [-0.3, -0.25) is 14.2 Å². The quantitative estimate of drug-likeness (QED) is 0.430. The number of anilines is 1. The molecule has 4 heterocycles. The highest BCUT2D eigenvalue weighted by Crippen LogP contribution is 2.32. The molecule has 1 saturated heterocycles. The molecule has 1 aliphatic carbocycles. The van der Waals surface area contributed by atoms with Crippen LogP contribution in [-0.4, -0.2) is 66.7 Å². The highest BCUT2D eigenvalue weighted by molar-refractivity contribution is 5.99. The molecule has 1 saturated carbocycles. The first kappa shape index (κ1) is 23.2. The Kier molecular flexibility index (Phi) is 6.12. The van der Waals surface area contributed by atoms with Gasteiger partial charge in [0.1, 0.15) is 5.65 Å². The molecule has 0 aromatic carbocycles. The Bertz CT molecular complexity index is 1410. The van der Waals surface area contributed by atoms with Gasteiger partial charge in [-0.25, -0.2) is 4.98 Å². The second kappa shape index (κ2) is 9.23. The molecule has 11 heteroatoms. The topological polar surface area (TPSA) is 129 Å². The number of carbonyl (C=O) groups excluding carboxylic acids is 1. The smallest absolute Gasteiger partial charge is 0.263 e. The van der Waals surface area contributed by atoms with Crippen LogP contribution in [0.4, 0.5) is 11.6 Å². The minimum absolute atomic E-state index is 0.0205. The third kappa shape index (κ3) is 4.32. The van der Waals surface area contributed by atoms with Crippen molar-refractivity contribution in [2.24, 2.45) is 4.99 Å². The molecule has 184 valence electrons. The van der Waals surface area contributed by atoms with E-state index >= 15 is 0 Å². The predicted molar refractivity (Wildman–Crippen MR) is 128 cm³/mol. The molecule has 0 radical (unpaired) electrons. The van der Waals surface area contributed by atoms with Gasteiger partial charge in [-0.2, -0.15) is 19.8 Å². The van der Waals surface area contributed by atoms with Crippen molar-refractivity contribution in [1.29, 1.82) is 0 Å². The van der Waals surface area contributed by atoms with Gasteiger partial charge in [-0.15, -0.1) is 0 Å². The Morgan fingerprint density at radius 3 is 2.49 bits per heavy atom. The first-order valence-corrected chi connectivity index (χ1v) is 11.9. The minimum Gasteiger partial charge on any atom is -0.427 e. The maximum Gasteiger partial charge on any atom is 0.263 e. The van der Waals surface area contributed by atoms with Gasteiger partial charge in [-0.1, -0.05) is 12.8 Å². The maximum absolute atomic E-state index is 13.3. The van der Waals surface area contributed by atoms with Gasteiger partial charge in [0, 0.05) is 43.8 Å². The fraction of sp³-hybridized carbons (Fsp3) is 0.458. The van der Waals surface area contributed by atoms with Gasteiger partial charge in [-0.05, 0) is 44.4 Å². The van der Waals surface area contributed by atoms with Crippen molar-refractivity contribution < 1.29 is 15.2 Å². The summed E-state index contributed by atoms with van der Waals surface area (Å²) in [4.78, 5) is 41.1. The molecule has 2 N–H and O–H groups in total. The summed E-state index contributed by atoms with van der Waals surface area (Å²) in [5.41, 5.74) is 1.94. The molecule has 5 rings (SSSR count). The molecule has 11 nitrogen and oxygen atoms in total. The fourth-order valence-corrected chi connectivity index (χ4v) is 5.10. The second-order valence-corrected chi connectivity index (χ2v) is 9.22. The fourth-order valence-electron chi connectivity index (χ4n) is 5.10. The monoisotopic (exact) mass is 479 g/mol. The van der Waals surface area contributed by atoms with Crippen LogP contribution in [0.5, 0.6) is 0 Å². The zero-order valence-corrected chi connectivity index (χ0v) is 19.9. The van der Waals surface area contributed by atoms with Gasteiger partial charge in [0.25, 0.3) is 11.5 Å². The summed E-state index contributed by atoms with van der Waals surface area (Å²) in [6, 6.07) is 3.49. The van der Waals surface area contributed by atoms with Crippen molar-refractivity contribution in [2.45, 2.75) is 45.6 Å². The Labute approximate surface area is 201 Å². The molecule has 2 fully saturated rings. The Morgan fingerprint density at radius 1 is 1.11 bits per heavy atom. The number of Topliss-reactive ketones (excluding diaryl/α,β-unsaturated/α-hetero) is 1. The lowest BCUT2D eigenvalue weighted by atomic mass is 10.0. The number of piperazine rings is 1. The van der Waals surface area contributed by atoms with Crippen molar-refractivity contribution in [3.63, 3.8) is 0 Å². The van der Waals surface area contributed by atoms with E-state index in [1.807, 2.05) is 6.07 Å². The van der Waals surface area contributed by atoms with Crippen molar-refractivity contribution in [2.75, 3.05) is 31.1 Å². The highest BCUT2D eigenvalue weighted by atomic mass is 16.5. The van der Waals surface area contributed by atoms with Crippen LogP contribution >= 0.6 is 0 Å². The van der Waals surface area contributed by atoms with Crippen LogP contribution < -0.4 is 15.9 Å². The number of rotatable bonds is 4. The summed E-state index contributed by atoms with van der Waals surface area (Å²) in [5, 5.41) is 22.0. The van der Waals surface area contributed by atoms with Gasteiger partial charge in [0.05, 0.1) is 17.4 Å². The lowest BCUT2D eigenvalue weighted by Crippen LogP contribution is -2.45. The zero-order chi connectivity index (χ0) is 24.7. The van der Waals surface area contributed by atoms with E-state index in [0.717, 1.165) is 36.1 Å². The van der Waals surface area contributed by atoms with E-state index in [4.69, 9.17) is 0 Å². The molecule has 3 aromatic heterocycles. The number of pyridine rings is 2. The van der Waals surface area contributed by atoms with Crippen LogP contribution in [0.25, 0.3) is 11.0 Å². The number of hydroxylamine groups is 2. The van der Waals surface area contributed by atoms with Crippen molar-refractivity contribution in [3.8, 4) is 0 Å². The van der Waals surface area contributed by atoms with E-state index in [-0.39, 0.29) is 34.4 Å². The molecule has 0 bridgehead atoms. The molecule has 0 spiro atoms. The first-order chi connectivity index (χ1) is 16.8. The van der Waals surface area contributed by atoms with Crippen LogP contribution in [0.1, 0.15) is 54.6 Å². The predicted octanol–water partition coefficient (Wildman–Crippen LogP) is 2.20. The first-order valence-electron chi connectivity index (χ1n) is 11.9. The normalized spacial score (nSPS) is 18.0. The molecule has 0 unspecified atom stereocenters. The summed E-state index contributed by atoms with van der Waals surface area (Å²) >= 11 is 0. The van der Waals surface area contributed by atoms with Crippen molar-refractivity contribution >= 4 is 28.5 Å². The molecule has 0 atom stereocenters. The lowest BCUT2D eigenvalue weighted by Gasteiger charge is -2.32. The maximum atomic E-state index is 13.3. The summed E-state index contributed by atoms with van der Waals surface area (Å²) in [7, 11) is 0. The molecular weight excluding hydrogens is 450 g/mol. The van der Waals surface area contributed by atoms with Crippen LogP contribution in [0, 0.1) is 6.92 Å². The Morgan fingerprint density at radius 2 is 1.83 bits per heavy atom. The van der Waals surface area contributed by atoms with Crippen LogP contribution in [0.2, 0.25) is 0 Å². The van der Waals surface area contributed by atoms with Gasteiger partial charge in [0.2, 0.25) is 0 Å². The third-order valence-corrected chi connectivity index (χ3v) is 6.97. The average Bonchev–Trinajstić information content (AvgIpc) is 3.35. The SMILES string of the molecule is CC(=O)c1c(C)c2cnc(/N=c3/ccc(N4CCN(O)CC4)cn3O)nc2n(C2CCCC2)c1=O. The summed E-state index contributed by atoms with van der Waals surface area (Å²) in [6.07, 6.45) is 6.91. The van der Waals surface area contributed by atoms with Crippen molar-refractivity contribution in [1.82, 2.24) is 24.3 Å². The second-order valence-electron chi connectivity index (χ2n) is 9.22. The van der Waals surface area contributed by atoms with E-state index in [9.17, 15) is 20.0 Å². The number of carbonyl (C=O) groups is 1. The number of hydrogen-bond acceptors (Lipinski definition) is 9. The number of fused-ring (bicyclic) bond motifs is 1. The standard InChI is InChI=1S/C24H29N7O4/c1-15-19-13-25-24(26-20-8-7-18(14-30(20)35)28-9-11-29(34)12-10-28)27-22(19)31(17-5-3-4-6-17)23(33)21(15)16(2)32/h7-8,13-14,17,34-35H,3-6,9-12H2,1-2H3/b26-20-. The molecule has 35 heavy (non-hydrogen) atoms. The molecule has 3 aromatic rings. The molecular formula is C24H29N7O4. The van der Waals surface area contributed by atoms with Crippen LogP contribution in [0.15, 0.2) is 34.3 Å². The van der Waals surface area contributed by atoms with Crippen LogP contribution in [-0.2, 0) is 0 Å². The average molecular weight is 480 g/mol. The van der Waals surface area contributed by atoms with Crippen LogP contribution in [0.3, 0.4) is 0 Å². The number of aryl methyl sites for hydroxylation is 1.